The molecule has 35 valence electrons. The van der Waals surface area contributed by atoms with E-state index in [2.05, 4.69) is 5.16 Å². The lowest BCUT2D eigenvalue weighted by Crippen LogP contribution is -1.78. The monoisotopic (exact) mass is 88.0 g/mol. The van der Waals surface area contributed by atoms with Crippen molar-refractivity contribution in [1.29, 1.82) is 0 Å². The summed E-state index contributed by atoms with van der Waals surface area (Å²) in [5, 5.41) is 19.7. The van der Waals surface area contributed by atoms with Crippen LogP contribution in [-0.2, 0) is 5.11 Å². The van der Waals surface area contributed by atoms with Gasteiger partial charge in [-0.25, -0.2) is 5.11 Å². The molecule has 0 atom stereocenters. The Morgan fingerprint density at radius 3 is 2.67 bits per heavy atom. The number of hydrogen-bond donors (Lipinski definition) is 1. The van der Waals surface area contributed by atoms with Crippen LogP contribution in [0.3, 0.4) is 0 Å². The fourth-order valence-corrected chi connectivity index (χ4v) is 0.110. The maximum absolute atomic E-state index is 9.49. The first-order valence-corrected chi connectivity index (χ1v) is 1.66. The number of rotatable bonds is 2. The zero-order valence-corrected chi connectivity index (χ0v) is 3.29. The van der Waals surface area contributed by atoms with Crippen LogP contribution in [0.5, 0.6) is 0 Å². The van der Waals surface area contributed by atoms with Crippen molar-refractivity contribution in [2.45, 2.75) is 6.42 Å². The van der Waals surface area contributed by atoms with Crippen LogP contribution >= 0.6 is 0 Å². The van der Waals surface area contributed by atoms with E-state index in [9.17, 15) is 5.11 Å². The molecule has 0 amide bonds. The summed E-state index contributed by atoms with van der Waals surface area (Å²) in [6.07, 6.45) is 1.49. The molecule has 3 nitrogen and oxygen atoms in total. The normalized spacial score (nSPS) is 10.2. The first-order valence-electron chi connectivity index (χ1n) is 1.66. The van der Waals surface area contributed by atoms with Gasteiger partial charge in [0.15, 0.2) is 0 Å². The molecule has 0 aromatic heterocycles. The highest BCUT2D eigenvalue weighted by molar-refractivity contribution is 5.55. The topological polar surface area (TPSA) is 52.5 Å². The minimum atomic E-state index is -0.204. The van der Waals surface area contributed by atoms with Gasteiger partial charge in [0.25, 0.3) is 0 Å². The lowest BCUT2D eigenvalue weighted by molar-refractivity contribution is 0.202. The van der Waals surface area contributed by atoms with E-state index in [1.165, 1.54) is 6.21 Å². The van der Waals surface area contributed by atoms with Gasteiger partial charge in [-0.05, 0) is 0 Å². The molecule has 0 aliphatic rings. The predicted molar refractivity (Wildman–Crippen MR) is 20.4 cm³/mol. The molecule has 0 bridgehead atoms. The van der Waals surface area contributed by atoms with Crippen LogP contribution in [0.1, 0.15) is 6.42 Å². The number of oxime groups is 1. The third-order valence-corrected chi connectivity index (χ3v) is 0.329. The standard InChI is InChI=1S/C3H6NO2/c5-3-1-2-4-6/h2,6H,1,3H2. The molecule has 0 saturated heterocycles. The van der Waals surface area contributed by atoms with E-state index in [1.54, 1.807) is 0 Å². The molecule has 1 radical (unpaired) electrons. The van der Waals surface area contributed by atoms with Gasteiger partial charge in [-0.15, -0.1) is 5.16 Å². The van der Waals surface area contributed by atoms with E-state index >= 15 is 0 Å². The molecule has 3 heteroatoms. The molecule has 0 aromatic carbocycles. The highest BCUT2D eigenvalue weighted by Gasteiger charge is 1.70. The summed E-state index contributed by atoms with van der Waals surface area (Å²) in [6, 6.07) is 0. The molecule has 0 unspecified atom stereocenters. The van der Waals surface area contributed by atoms with Crippen molar-refractivity contribution in [3.05, 3.63) is 0 Å². The average molecular weight is 88.1 g/mol. The molecule has 0 aliphatic carbocycles. The van der Waals surface area contributed by atoms with Gasteiger partial charge >= 0.3 is 0 Å². The van der Waals surface area contributed by atoms with Crippen LogP contribution < -0.4 is 0 Å². The van der Waals surface area contributed by atoms with Crippen molar-refractivity contribution in [2.24, 2.45) is 5.16 Å². The van der Waals surface area contributed by atoms with Crippen molar-refractivity contribution in [3.63, 3.8) is 0 Å². The van der Waals surface area contributed by atoms with Crippen LogP contribution in [0.2, 0.25) is 0 Å². The van der Waals surface area contributed by atoms with Crippen molar-refractivity contribution >= 4 is 6.21 Å². The summed E-state index contributed by atoms with van der Waals surface area (Å²) in [5.74, 6) is 0. The van der Waals surface area contributed by atoms with Gasteiger partial charge in [0.2, 0.25) is 0 Å². The highest BCUT2D eigenvalue weighted by Crippen LogP contribution is 1.65. The molecule has 0 fully saturated rings. The van der Waals surface area contributed by atoms with Crippen LogP contribution in [-0.4, -0.2) is 18.0 Å². The first kappa shape index (κ1) is 5.43. The van der Waals surface area contributed by atoms with E-state index in [1.807, 2.05) is 0 Å². The van der Waals surface area contributed by atoms with Gasteiger partial charge in [-0.3, -0.25) is 0 Å². The fraction of sp³-hybridized carbons (Fsp3) is 0.667. The first-order chi connectivity index (χ1) is 2.91. The van der Waals surface area contributed by atoms with Gasteiger partial charge in [0.1, 0.15) is 0 Å². The second-order valence-electron chi connectivity index (χ2n) is 0.791. The Bertz CT molecular complexity index is 44.1. The third kappa shape index (κ3) is 3.43. The zero-order valence-electron chi connectivity index (χ0n) is 3.29. The maximum Gasteiger partial charge on any atom is 0.0872 e. The molecule has 0 spiro atoms. The Kier molecular flexibility index (Phi) is 4.01. The zero-order chi connectivity index (χ0) is 4.83. The Morgan fingerprint density at radius 2 is 2.50 bits per heavy atom. The van der Waals surface area contributed by atoms with Crippen LogP contribution in [0.25, 0.3) is 0 Å². The smallest absolute Gasteiger partial charge is 0.0872 e. The van der Waals surface area contributed by atoms with E-state index in [0.717, 1.165) is 0 Å². The van der Waals surface area contributed by atoms with E-state index in [-0.39, 0.29) is 6.61 Å². The second-order valence-corrected chi connectivity index (χ2v) is 0.791. The van der Waals surface area contributed by atoms with Crippen molar-refractivity contribution in [2.75, 3.05) is 6.61 Å². The quantitative estimate of drug-likeness (QED) is 0.294. The minimum absolute atomic E-state index is 0.204. The number of hydrogen-bond acceptors (Lipinski definition) is 2. The Labute approximate surface area is 35.9 Å². The fourth-order valence-electron chi connectivity index (χ4n) is 0.110. The van der Waals surface area contributed by atoms with Gasteiger partial charge in [-0.2, -0.15) is 0 Å². The Morgan fingerprint density at radius 1 is 1.83 bits per heavy atom. The van der Waals surface area contributed by atoms with Crippen LogP contribution in [0.4, 0.5) is 0 Å². The van der Waals surface area contributed by atoms with E-state index in [0.29, 0.717) is 6.42 Å². The molecule has 0 aliphatic heterocycles. The van der Waals surface area contributed by atoms with Gasteiger partial charge in [-0.1, -0.05) is 0 Å². The van der Waals surface area contributed by atoms with Crippen LogP contribution in [0.15, 0.2) is 5.16 Å². The summed E-state index contributed by atoms with van der Waals surface area (Å²) in [7, 11) is 0. The predicted octanol–water partition coefficient (Wildman–Crippen LogP) is 0.267. The molecule has 0 aromatic rings. The third-order valence-electron chi connectivity index (χ3n) is 0.329. The molecule has 0 heterocycles. The van der Waals surface area contributed by atoms with Crippen molar-refractivity contribution in [3.8, 4) is 0 Å². The number of nitrogens with zero attached hydrogens (tertiary/aromatic N) is 1. The van der Waals surface area contributed by atoms with Gasteiger partial charge < -0.3 is 5.21 Å². The van der Waals surface area contributed by atoms with Gasteiger partial charge in [0, 0.05) is 12.6 Å². The minimum Gasteiger partial charge on any atom is -0.411 e. The largest absolute Gasteiger partial charge is 0.411 e. The Balaban J connectivity index is 2.66. The summed E-state index contributed by atoms with van der Waals surface area (Å²) < 4.78 is 0. The van der Waals surface area contributed by atoms with E-state index < -0.39 is 0 Å². The van der Waals surface area contributed by atoms with Gasteiger partial charge in [0.05, 0.1) is 6.61 Å². The highest BCUT2D eigenvalue weighted by atomic mass is 16.4. The second kappa shape index (κ2) is 4.43. The summed E-state index contributed by atoms with van der Waals surface area (Å²) in [5.41, 5.74) is 0. The molecule has 0 rings (SSSR count). The SMILES string of the molecule is [O]CCC=NO. The van der Waals surface area contributed by atoms with Crippen LogP contribution in [0, 0.1) is 0 Å². The van der Waals surface area contributed by atoms with Crippen molar-refractivity contribution < 1.29 is 10.3 Å². The molecule has 0 saturated carbocycles. The molecule has 6 heavy (non-hydrogen) atoms. The lowest BCUT2D eigenvalue weighted by Gasteiger charge is -1.72. The molecular formula is C3H6NO2. The lowest BCUT2D eigenvalue weighted by atomic mass is 10.5. The summed E-state index contributed by atoms with van der Waals surface area (Å²) in [4.78, 5) is 0. The maximum atomic E-state index is 9.49. The van der Waals surface area contributed by atoms with E-state index in [4.69, 9.17) is 5.21 Å². The Hall–Kier alpha value is -0.570. The average Bonchev–Trinajstić information content (AvgIpc) is 1.61. The summed E-state index contributed by atoms with van der Waals surface area (Å²) in [6.45, 7) is -0.204. The summed E-state index contributed by atoms with van der Waals surface area (Å²) >= 11 is 0. The molecular weight excluding hydrogens is 82.0 g/mol. The van der Waals surface area contributed by atoms with Crippen molar-refractivity contribution in [1.82, 2.24) is 0 Å². The molecule has 1 N–H and O–H groups in total.